The number of rotatable bonds is 4. The Labute approximate surface area is 148 Å². The van der Waals surface area contributed by atoms with Crippen LogP contribution in [0.5, 0.6) is 0 Å². The first kappa shape index (κ1) is 15.8. The minimum atomic E-state index is -0.256. The van der Waals surface area contributed by atoms with Crippen LogP contribution in [0.25, 0.3) is 0 Å². The highest BCUT2D eigenvalue weighted by molar-refractivity contribution is 5.89. The molecule has 5 heteroatoms. The number of para-hydroxylation sites is 1. The maximum atomic E-state index is 11.6. The maximum Gasteiger partial charge on any atom is 0.414 e. The number of carbonyl (C=O) groups is 1. The monoisotopic (exact) mass is 337 g/mol. The van der Waals surface area contributed by atoms with E-state index in [-0.39, 0.29) is 6.09 Å². The molecule has 2 saturated heterocycles. The molecule has 0 bridgehead atoms. The van der Waals surface area contributed by atoms with Crippen molar-refractivity contribution in [3.63, 3.8) is 0 Å². The fourth-order valence-corrected chi connectivity index (χ4v) is 3.52. The molecule has 0 atom stereocenters. The van der Waals surface area contributed by atoms with Crippen LogP contribution < -0.4 is 15.1 Å². The number of cyclic esters (lactones) is 1. The first-order valence-electron chi connectivity index (χ1n) is 8.90. The average Bonchev–Trinajstić information content (AvgIpc) is 3.10. The van der Waals surface area contributed by atoms with Crippen molar-refractivity contribution in [2.45, 2.75) is 18.9 Å². The molecule has 2 aromatic carbocycles. The van der Waals surface area contributed by atoms with Crippen molar-refractivity contribution in [3.8, 4) is 0 Å². The SMILES string of the molecule is O=C1OCCN1c1ccc(NC2CCN(c3ccccc3)CC2)cc1. The Morgan fingerprint density at radius 1 is 0.880 bits per heavy atom. The largest absolute Gasteiger partial charge is 0.447 e. The first-order chi connectivity index (χ1) is 12.3. The fraction of sp³-hybridized carbons (Fsp3) is 0.350. The van der Waals surface area contributed by atoms with Crippen LogP contribution >= 0.6 is 0 Å². The summed E-state index contributed by atoms with van der Waals surface area (Å²) >= 11 is 0. The number of nitrogens with one attached hydrogen (secondary N) is 1. The van der Waals surface area contributed by atoms with Crippen molar-refractivity contribution < 1.29 is 9.53 Å². The second-order valence-corrected chi connectivity index (χ2v) is 6.55. The molecular weight excluding hydrogens is 314 g/mol. The van der Waals surface area contributed by atoms with Gasteiger partial charge in [0.25, 0.3) is 0 Å². The Morgan fingerprint density at radius 2 is 1.60 bits per heavy atom. The summed E-state index contributed by atoms with van der Waals surface area (Å²) in [4.78, 5) is 15.7. The van der Waals surface area contributed by atoms with Gasteiger partial charge in [-0.25, -0.2) is 4.79 Å². The summed E-state index contributed by atoms with van der Waals surface area (Å²) in [5.41, 5.74) is 3.31. The van der Waals surface area contributed by atoms with Crippen LogP contribution in [0.1, 0.15) is 12.8 Å². The number of amides is 1. The molecule has 5 nitrogen and oxygen atoms in total. The molecule has 130 valence electrons. The lowest BCUT2D eigenvalue weighted by molar-refractivity contribution is 0.181. The fourth-order valence-electron chi connectivity index (χ4n) is 3.52. The van der Waals surface area contributed by atoms with Crippen LogP contribution in [0.15, 0.2) is 54.6 Å². The van der Waals surface area contributed by atoms with Gasteiger partial charge in [-0.2, -0.15) is 0 Å². The van der Waals surface area contributed by atoms with Crippen LogP contribution in [0.2, 0.25) is 0 Å². The van der Waals surface area contributed by atoms with Gasteiger partial charge in [-0.3, -0.25) is 4.90 Å². The Morgan fingerprint density at radius 3 is 2.24 bits per heavy atom. The summed E-state index contributed by atoms with van der Waals surface area (Å²) in [5.74, 6) is 0. The Balaban J connectivity index is 1.32. The van der Waals surface area contributed by atoms with Gasteiger partial charge >= 0.3 is 6.09 Å². The van der Waals surface area contributed by atoms with Crippen molar-refractivity contribution >= 4 is 23.2 Å². The van der Waals surface area contributed by atoms with Crippen molar-refractivity contribution in [2.24, 2.45) is 0 Å². The topological polar surface area (TPSA) is 44.8 Å². The molecule has 2 aliphatic rings. The highest BCUT2D eigenvalue weighted by atomic mass is 16.6. The number of nitrogens with zero attached hydrogens (tertiary/aromatic N) is 2. The second kappa shape index (κ2) is 7.05. The number of anilines is 3. The van der Waals surface area contributed by atoms with Gasteiger partial charge < -0.3 is 15.0 Å². The molecule has 2 heterocycles. The summed E-state index contributed by atoms with van der Waals surface area (Å²) < 4.78 is 4.98. The molecule has 1 amide bonds. The normalized spacial score (nSPS) is 18.3. The summed E-state index contributed by atoms with van der Waals surface area (Å²) in [6, 6.07) is 19.1. The summed E-state index contributed by atoms with van der Waals surface area (Å²) in [6.45, 7) is 3.24. The first-order valence-corrected chi connectivity index (χ1v) is 8.90. The summed E-state index contributed by atoms with van der Waals surface area (Å²) in [7, 11) is 0. The lowest BCUT2D eigenvalue weighted by atomic mass is 10.0. The highest BCUT2D eigenvalue weighted by Crippen LogP contribution is 2.24. The van der Waals surface area contributed by atoms with E-state index < -0.39 is 0 Å². The van der Waals surface area contributed by atoms with Gasteiger partial charge in [-0.1, -0.05) is 18.2 Å². The minimum Gasteiger partial charge on any atom is -0.447 e. The summed E-state index contributed by atoms with van der Waals surface area (Å²) in [6.07, 6.45) is 1.98. The number of piperidine rings is 1. The van der Waals surface area contributed by atoms with E-state index in [1.54, 1.807) is 4.90 Å². The number of carbonyl (C=O) groups excluding carboxylic acids is 1. The van der Waals surface area contributed by atoms with E-state index >= 15 is 0 Å². The molecule has 2 aliphatic heterocycles. The molecule has 0 radical (unpaired) electrons. The zero-order valence-corrected chi connectivity index (χ0v) is 14.2. The van der Waals surface area contributed by atoms with Gasteiger partial charge in [0.1, 0.15) is 6.61 Å². The molecule has 2 fully saturated rings. The molecule has 0 spiro atoms. The molecule has 0 saturated carbocycles. The molecule has 4 rings (SSSR count). The minimum absolute atomic E-state index is 0.256. The second-order valence-electron chi connectivity index (χ2n) is 6.55. The lowest BCUT2D eigenvalue weighted by Crippen LogP contribution is -2.39. The molecule has 0 unspecified atom stereocenters. The van der Waals surface area contributed by atoms with Crippen molar-refractivity contribution in [1.29, 1.82) is 0 Å². The van der Waals surface area contributed by atoms with Crippen molar-refractivity contribution in [2.75, 3.05) is 41.4 Å². The van der Waals surface area contributed by atoms with Gasteiger partial charge in [0.05, 0.1) is 6.54 Å². The van der Waals surface area contributed by atoms with E-state index in [1.807, 2.05) is 24.3 Å². The summed E-state index contributed by atoms with van der Waals surface area (Å²) in [5, 5.41) is 3.62. The third kappa shape index (κ3) is 3.55. The smallest absolute Gasteiger partial charge is 0.414 e. The van der Waals surface area contributed by atoms with Gasteiger partial charge in [0.2, 0.25) is 0 Å². The molecular formula is C20H23N3O2. The molecule has 25 heavy (non-hydrogen) atoms. The third-order valence-corrected chi connectivity index (χ3v) is 4.93. The Kier molecular flexibility index (Phi) is 4.46. The van der Waals surface area contributed by atoms with E-state index in [9.17, 15) is 4.79 Å². The number of ether oxygens (including phenoxy) is 1. The Hall–Kier alpha value is -2.69. The highest BCUT2D eigenvalue weighted by Gasteiger charge is 2.23. The zero-order valence-electron chi connectivity index (χ0n) is 14.2. The molecule has 0 aliphatic carbocycles. The van der Waals surface area contributed by atoms with E-state index in [4.69, 9.17) is 4.74 Å². The third-order valence-electron chi connectivity index (χ3n) is 4.93. The van der Waals surface area contributed by atoms with Crippen LogP contribution in [-0.2, 0) is 4.74 Å². The van der Waals surface area contributed by atoms with Crippen LogP contribution in [-0.4, -0.2) is 38.4 Å². The van der Waals surface area contributed by atoms with Gasteiger partial charge in [0.15, 0.2) is 0 Å². The van der Waals surface area contributed by atoms with Crippen LogP contribution in [0.3, 0.4) is 0 Å². The molecule has 0 aromatic heterocycles. The van der Waals surface area contributed by atoms with Crippen molar-refractivity contribution in [1.82, 2.24) is 0 Å². The predicted octanol–water partition coefficient (Wildman–Crippen LogP) is 3.72. The van der Waals surface area contributed by atoms with Crippen LogP contribution in [0.4, 0.5) is 21.9 Å². The van der Waals surface area contributed by atoms with E-state index in [0.29, 0.717) is 19.2 Å². The molecule has 1 N–H and O–H groups in total. The Bertz CT molecular complexity index is 709. The van der Waals surface area contributed by atoms with Gasteiger partial charge in [-0.05, 0) is 49.2 Å². The number of hydrogen-bond acceptors (Lipinski definition) is 4. The van der Waals surface area contributed by atoms with Crippen molar-refractivity contribution in [3.05, 3.63) is 54.6 Å². The van der Waals surface area contributed by atoms with E-state index in [0.717, 1.165) is 37.3 Å². The maximum absolute atomic E-state index is 11.6. The molecule has 2 aromatic rings. The number of hydrogen-bond donors (Lipinski definition) is 1. The van der Waals surface area contributed by atoms with E-state index in [1.165, 1.54) is 5.69 Å². The predicted molar refractivity (Wildman–Crippen MR) is 100 cm³/mol. The number of benzene rings is 2. The average molecular weight is 337 g/mol. The van der Waals surface area contributed by atoms with Gasteiger partial charge in [0, 0.05) is 36.2 Å². The lowest BCUT2D eigenvalue weighted by Gasteiger charge is -2.34. The van der Waals surface area contributed by atoms with E-state index in [2.05, 4.69) is 40.5 Å². The quantitative estimate of drug-likeness (QED) is 0.923. The standard InChI is InChI=1S/C20H23N3O2/c24-20-23(14-15-25-20)19-8-6-16(7-9-19)21-17-10-12-22(13-11-17)18-4-2-1-3-5-18/h1-9,17,21H,10-15H2. The van der Waals surface area contributed by atoms with Gasteiger partial charge in [-0.15, -0.1) is 0 Å². The van der Waals surface area contributed by atoms with Crippen LogP contribution in [0, 0.1) is 0 Å². The zero-order chi connectivity index (χ0) is 17.1.